The second-order valence-corrected chi connectivity index (χ2v) is 5.52. The van der Waals surface area contributed by atoms with E-state index in [0.717, 1.165) is 0 Å². The van der Waals surface area contributed by atoms with Crippen LogP contribution < -0.4 is 10.6 Å². The second kappa shape index (κ2) is 8.11. The minimum atomic E-state index is -0.402. The van der Waals surface area contributed by atoms with Crippen molar-refractivity contribution in [2.45, 2.75) is 13.0 Å². The van der Waals surface area contributed by atoms with E-state index in [2.05, 4.69) is 15.6 Å². The van der Waals surface area contributed by atoms with Gasteiger partial charge in [0.05, 0.1) is 18.3 Å². The lowest BCUT2D eigenvalue weighted by Gasteiger charge is -2.09. The number of benzene rings is 1. The Kier molecular flexibility index (Phi) is 5.43. The Morgan fingerprint density at radius 1 is 1.23 bits per heavy atom. The summed E-state index contributed by atoms with van der Waals surface area (Å²) in [6, 6.07) is 7.88. The topological polar surface area (TPSA) is 89.2 Å². The molecule has 1 aromatic carbocycles. The van der Waals surface area contributed by atoms with Gasteiger partial charge in [-0.1, -0.05) is 6.07 Å². The summed E-state index contributed by atoms with van der Waals surface area (Å²) in [5.41, 5.74) is 1.03. The first-order valence-electron chi connectivity index (χ1n) is 7.98. The molecule has 26 heavy (non-hydrogen) atoms. The third-order valence-corrected chi connectivity index (χ3v) is 3.67. The zero-order valence-corrected chi connectivity index (χ0v) is 13.8. The number of rotatable bonds is 7. The highest BCUT2D eigenvalue weighted by molar-refractivity contribution is 5.91. The lowest BCUT2D eigenvalue weighted by Crippen LogP contribution is -2.30. The molecule has 2 amide bonds. The van der Waals surface area contributed by atoms with E-state index in [1.54, 1.807) is 35.2 Å². The Hall–Kier alpha value is -3.42. The number of carbonyl (C=O) groups is 2. The normalized spacial score (nSPS) is 10.5. The molecule has 134 valence electrons. The van der Waals surface area contributed by atoms with Gasteiger partial charge in [-0.05, 0) is 29.8 Å². The Bertz CT molecular complexity index is 876. The number of furan rings is 1. The summed E-state index contributed by atoms with van der Waals surface area (Å²) >= 11 is 0. The Labute approximate surface area is 148 Å². The fraction of sp³-hybridized carbons (Fsp3) is 0.167. The minimum absolute atomic E-state index is 0.113. The summed E-state index contributed by atoms with van der Waals surface area (Å²) in [7, 11) is 0. The van der Waals surface area contributed by atoms with Crippen molar-refractivity contribution in [3.8, 4) is 5.69 Å². The van der Waals surface area contributed by atoms with Crippen molar-refractivity contribution in [2.75, 3.05) is 6.54 Å². The maximum Gasteiger partial charge on any atom is 0.286 e. The molecular weight excluding hydrogens is 339 g/mol. The van der Waals surface area contributed by atoms with Crippen LogP contribution in [0.3, 0.4) is 0 Å². The van der Waals surface area contributed by atoms with E-state index >= 15 is 0 Å². The van der Waals surface area contributed by atoms with E-state index in [9.17, 15) is 14.0 Å². The highest BCUT2D eigenvalue weighted by atomic mass is 19.1. The molecule has 2 N–H and O–H groups in total. The van der Waals surface area contributed by atoms with Crippen LogP contribution in [-0.4, -0.2) is 27.9 Å². The molecule has 7 nitrogen and oxygen atoms in total. The van der Waals surface area contributed by atoms with Crippen molar-refractivity contribution < 1.29 is 18.4 Å². The average Bonchev–Trinajstić information content (AvgIpc) is 3.33. The van der Waals surface area contributed by atoms with Crippen molar-refractivity contribution >= 4 is 11.8 Å². The Balaban J connectivity index is 1.44. The predicted octanol–water partition coefficient (Wildman–Crippen LogP) is 2.04. The van der Waals surface area contributed by atoms with Gasteiger partial charge < -0.3 is 19.6 Å². The van der Waals surface area contributed by atoms with Crippen LogP contribution in [0.5, 0.6) is 0 Å². The SMILES string of the molecule is O=C(CCNC(=O)c1ccco1)NCc1ccc(-n2ccnc2)c(F)c1. The monoisotopic (exact) mass is 356 g/mol. The molecule has 0 aliphatic heterocycles. The molecule has 0 saturated carbocycles. The molecule has 2 aromatic heterocycles. The molecule has 0 fully saturated rings. The number of hydrogen-bond acceptors (Lipinski definition) is 4. The van der Waals surface area contributed by atoms with Gasteiger partial charge in [0.15, 0.2) is 5.76 Å². The standard InChI is InChI=1S/C18H17FN4O3/c19-14-10-13(3-4-15(14)23-8-7-20-12-23)11-22-17(24)5-6-21-18(25)16-2-1-9-26-16/h1-4,7-10,12H,5-6,11H2,(H,21,25)(H,22,24). The largest absolute Gasteiger partial charge is 0.459 e. The van der Waals surface area contributed by atoms with Gasteiger partial charge >= 0.3 is 0 Å². The van der Waals surface area contributed by atoms with Crippen LogP contribution in [0, 0.1) is 5.82 Å². The first-order chi connectivity index (χ1) is 12.6. The van der Waals surface area contributed by atoms with E-state index in [1.807, 2.05) is 0 Å². The molecule has 0 aliphatic rings. The van der Waals surface area contributed by atoms with Gasteiger partial charge in [-0.25, -0.2) is 9.37 Å². The van der Waals surface area contributed by atoms with E-state index in [-0.39, 0.29) is 37.1 Å². The average molecular weight is 356 g/mol. The number of nitrogens with zero attached hydrogens (tertiary/aromatic N) is 2. The first-order valence-corrected chi connectivity index (χ1v) is 7.98. The van der Waals surface area contributed by atoms with Crippen LogP contribution in [-0.2, 0) is 11.3 Å². The molecule has 3 aromatic rings. The van der Waals surface area contributed by atoms with Gasteiger partial charge in [0.25, 0.3) is 5.91 Å². The molecule has 8 heteroatoms. The highest BCUT2D eigenvalue weighted by Gasteiger charge is 2.09. The number of aromatic nitrogens is 2. The van der Waals surface area contributed by atoms with Crippen LogP contribution in [0.25, 0.3) is 5.69 Å². The molecule has 0 atom stereocenters. The summed E-state index contributed by atoms with van der Waals surface area (Å²) in [5.74, 6) is -0.830. The van der Waals surface area contributed by atoms with Gasteiger partial charge in [-0.2, -0.15) is 0 Å². The summed E-state index contributed by atoms with van der Waals surface area (Å²) in [4.78, 5) is 27.4. The number of nitrogens with one attached hydrogen (secondary N) is 2. The number of halogens is 1. The molecule has 2 heterocycles. The zero-order valence-electron chi connectivity index (χ0n) is 13.8. The van der Waals surface area contributed by atoms with Gasteiger partial charge in [-0.3, -0.25) is 9.59 Å². The van der Waals surface area contributed by atoms with Crippen molar-refractivity contribution in [3.05, 3.63) is 72.5 Å². The van der Waals surface area contributed by atoms with Crippen molar-refractivity contribution in [2.24, 2.45) is 0 Å². The molecular formula is C18H17FN4O3. The third-order valence-electron chi connectivity index (χ3n) is 3.67. The number of carbonyl (C=O) groups excluding carboxylic acids is 2. The van der Waals surface area contributed by atoms with Crippen LogP contribution in [0.2, 0.25) is 0 Å². The maximum absolute atomic E-state index is 14.1. The minimum Gasteiger partial charge on any atom is -0.459 e. The second-order valence-electron chi connectivity index (χ2n) is 5.52. The molecule has 0 spiro atoms. The fourth-order valence-electron chi connectivity index (χ4n) is 2.34. The quantitative estimate of drug-likeness (QED) is 0.678. The van der Waals surface area contributed by atoms with Gasteiger partial charge in [0, 0.05) is 31.9 Å². The lowest BCUT2D eigenvalue weighted by atomic mass is 10.2. The van der Waals surface area contributed by atoms with Crippen LogP contribution in [0.4, 0.5) is 4.39 Å². The number of hydrogen-bond donors (Lipinski definition) is 2. The summed E-state index contributed by atoms with van der Waals surface area (Å²) in [6.07, 6.45) is 6.24. The molecule has 0 radical (unpaired) electrons. The van der Waals surface area contributed by atoms with Crippen molar-refractivity contribution in [1.82, 2.24) is 20.2 Å². The van der Waals surface area contributed by atoms with E-state index < -0.39 is 5.82 Å². The van der Waals surface area contributed by atoms with Crippen LogP contribution >= 0.6 is 0 Å². The van der Waals surface area contributed by atoms with Gasteiger partial charge in [0.2, 0.25) is 5.91 Å². The van der Waals surface area contributed by atoms with Crippen LogP contribution in [0.15, 0.2) is 59.7 Å². The van der Waals surface area contributed by atoms with Gasteiger partial charge in [-0.15, -0.1) is 0 Å². The molecule has 0 aliphatic carbocycles. The summed E-state index contributed by atoms with van der Waals surface area (Å²) < 4.78 is 20.7. The Morgan fingerprint density at radius 3 is 2.81 bits per heavy atom. The predicted molar refractivity (Wildman–Crippen MR) is 91.0 cm³/mol. The molecule has 0 saturated heterocycles. The number of imidazole rings is 1. The Morgan fingerprint density at radius 2 is 2.12 bits per heavy atom. The van der Waals surface area contributed by atoms with Crippen LogP contribution in [0.1, 0.15) is 22.5 Å². The van der Waals surface area contributed by atoms with Crippen molar-refractivity contribution in [1.29, 1.82) is 0 Å². The maximum atomic E-state index is 14.1. The molecule has 0 unspecified atom stereocenters. The first kappa shape index (κ1) is 17.4. The molecule has 3 rings (SSSR count). The van der Waals surface area contributed by atoms with E-state index in [4.69, 9.17) is 4.42 Å². The zero-order chi connectivity index (χ0) is 18.4. The fourth-order valence-corrected chi connectivity index (χ4v) is 2.34. The third kappa shape index (κ3) is 4.35. The van der Waals surface area contributed by atoms with E-state index in [1.165, 1.54) is 24.7 Å². The highest BCUT2D eigenvalue weighted by Crippen LogP contribution is 2.14. The van der Waals surface area contributed by atoms with Gasteiger partial charge in [0.1, 0.15) is 5.82 Å². The van der Waals surface area contributed by atoms with Crippen molar-refractivity contribution in [3.63, 3.8) is 0 Å². The molecule has 0 bridgehead atoms. The van der Waals surface area contributed by atoms with E-state index in [0.29, 0.717) is 11.3 Å². The number of amides is 2. The smallest absolute Gasteiger partial charge is 0.286 e. The summed E-state index contributed by atoms with van der Waals surface area (Å²) in [5, 5.41) is 5.27. The summed E-state index contributed by atoms with van der Waals surface area (Å²) in [6.45, 7) is 0.380. The lowest BCUT2D eigenvalue weighted by molar-refractivity contribution is -0.121.